The molecule has 0 unspecified atom stereocenters. The maximum absolute atomic E-state index is 12.0. The average Bonchev–Trinajstić information content (AvgIpc) is 3.07. The van der Waals surface area contributed by atoms with Gasteiger partial charge < -0.3 is 19.4 Å². The zero-order chi connectivity index (χ0) is 22.4. The number of anilines is 1. The van der Waals surface area contributed by atoms with Crippen molar-refractivity contribution in [3.63, 3.8) is 0 Å². The summed E-state index contributed by atoms with van der Waals surface area (Å²) >= 11 is 0. The third kappa shape index (κ3) is 5.11. The Labute approximate surface area is 180 Å². The Morgan fingerprint density at radius 2 is 1.65 bits per heavy atom. The highest BCUT2D eigenvalue weighted by molar-refractivity contribution is 6.39. The number of nitrogens with one attached hydrogen (secondary N) is 2. The molecule has 0 aliphatic carbocycles. The lowest BCUT2D eigenvalue weighted by atomic mass is 10.2. The summed E-state index contributed by atoms with van der Waals surface area (Å²) in [6, 6.07) is 16.3. The van der Waals surface area contributed by atoms with E-state index in [1.807, 2.05) is 44.2 Å². The number of ether oxygens (including phenoxy) is 2. The van der Waals surface area contributed by atoms with Gasteiger partial charge in [0.1, 0.15) is 11.5 Å². The van der Waals surface area contributed by atoms with Crippen molar-refractivity contribution in [1.29, 1.82) is 0 Å². The van der Waals surface area contributed by atoms with Gasteiger partial charge in [-0.2, -0.15) is 5.10 Å². The second kappa shape index (κ2) is 9.62. The van der Waals surface area contributed by atoms with Gasteiger partial charge in [-0.05, 0) is 56.3 Å². The van der Waals surface area contributed by atoms with Gasteiger partial charge in [-0.25, -0.2) is 5.43 Å². The van der Waals surface area contributed by atoms with Crippen LogP contribution < -0.4 is 20.2 Å². The Hall–Kier alpha value is -4.07. The summed E-state index contributed by atoms with van der Waals surface area (Å²) in [7, 11) is 3.17. The van der Waals surface area contributed by atoms with Gasteiger partial charge >= 0.3 is 11.8 Å². The molecule has 1 heterocycles. The lowest BCUT2D eigenvalue weighted by molar-refractivity contribution is -0.136. The molecule has 0 atom stereocenters. The fraction of sp³-hybridized carbons (Fsp3) is 0.174. The molecule has 8 nitrogen and oxygen atoms in total. The molecule has 1 aromatic heterocycles. The number of hydrogen-bond acceptors (Lipinski definition) is 5. The largest absolute Gasteiger partial charge is 0.497 e. The van der Waals surface area contributed by atoms with Crippen LogP contribution in [0.4, 0.5) is 5.69 Å². The van der Waals surface area contributed by atoms with Gasteiger partial charge in [-0.1, -0.05) is 6.07 Å². The highest BCUT2D eigenvalue weighted by Crippen LogP contribution is 2.23. The van der Waals surface area contributed by atoms with E-state index in [9.17, 15) is 9.59 Å². The van der Waals surface area contributed by atoms with Crippen LogP contribution in [0.1, 0.15) is 17.0 Å². The van der Waals surface area contributed by atoms with Crippen LogP contribution in [0.25, 0.3) is 5.69 Å². The molecule has 0 aliphatic rings. The molecule has 0 fully saturated rings. The fourth-order valence-electron chi connectivity index (χ4n) is 3.14. The van der Waals surface area contributed by atoms with Crippen molar-refractivity contribution in [1.82, 2.24) is 9.99 Å². The van der Waals surface area contributed by atoms with Gasteiger partial charge in [-0.15, -0.1) is 0 Å². The first kappa shape index (κ1) is 21.6. The minimum atomic E-state index is -0.867. The van der Waals surface area contributed by atoms with E-state index >= 15 is 0 Å². The quantitative estimate of drug-likeness (QED) is 0.364. The summed E-state index contributed by atoms with van der Waals surface area (Å²) in [4.78, 5) is 24.1. The number of aryl methyl sites for hydroxylation is 1. The Bertz CT molecular complexity index is 1120. The van der Waals surface area contributed by atoms with Gasteiger partial charge in [0.2, 0.25) is 0 Å². The van der Waals surface area contributed by atoms with Crippen molar-refractivity contribution in [2.75, 3.05) is 19.5 Å². The van der Waals surface area contributed by atoms with E-state index in [-0.39, 0.29) is 0 Å². The van der Waals surface area contributed by atoms with Crippen molar-refractivity contribution in [2.45, 2.75) is 13.8 Å². The summed E-state index contributed by atoms with van der Waals surface area (Å²) in [6.45, 7) is 3.93. The first-order valence-electron chi connectivity index (χ1n) is 9.54. The Kier molecular flexibility index (Phi) is 6.71. The van der Waals surface area contributed by atoms with E-state index in [4.69, 9.17) is 9.47 Å². The van der Waals surface area contributed by atoms with Crippen LogP contribution in [0.5, 0.6) is 11.5 Å². The fourth-order valence-corrected chi connectivity index (χ4v) is 3.14. The average molecular weight is 420 g/mol. The summed E-state index contributed by atoms with van der Waals surface area (Å²) in [6.07, 6.45) is 1.51. The van der Waals surface area contributed by atoms with E-state index in [1.165, 1.54) is 6.21 Å². The maximum Gasteiger partial charge on any atom is 0.329 e. The molecule has 160 valence electrons. The standard InChI is InChI=1S/C23H24N4O4/c1-15-12-17(16(2)27(15)19-6-5-7-21(13-19)31-4)14-24-26-23(29)22(28)25-18-8-10-20(30-3)11-9-18/h5-14H,1-4H3,(H,25,28)(H,26,29)/b24-14+. The number of hydrazone groups is 1. The Morgan fingerprint density at radius 3 is 2.32 bits per heavy atom. The molecule has 2 aromatic carbocycles. The molecular formula is C23H24N4O4. The molecule has 2 amide bonds. The summed E-state index contributed by atoms with van der Waals surface area (Å²) in [5.74, 6) is -0.271. The normalized spacial score (nSPS) is 10.7. The number of aromatic nitrogens is 1. The smallest absolute Gasteiger partial charge is 0.329 e. The molecule has 3 aromatic rings. The predicted molar refractivity (Wildman–Crippen MR) is 119 cm³/mol. The molecule has 31 heavy (non-hydrogen) atoms. The topological polar surface area (TPSA) is 94.0 Å². The second-order valence-electron chi connectivity index (χ2n) is 6.75. The van der Waals surface area contributed by atoms with Crippen LogP contribution in [-0.4, -0.2) is 36.8 Å². The van der Waals surface area contributed by atoms with Gasteiger partial charge in [-0.3, -0.25) is 9.59 Å². The highest BCUT2D eigenvalue weighted by Gasteiger charge is 2.14. The van der Waals surface area contributed by atoms with Crippen LogP contribution in [0.2, 0.25) is 0 Å². The molecular weight excluding hydrogens is 396 g/mol. The third-order valence-corrected chi connectivity index (χ3v) is 4.71. The number of nitrogens with zero attached hydrogens (tertiary/aromatic N) is 2. The third-order valence-electron chi connectivity index (χ3n) is 4.71. The summed E-state index contributed by atoms with van der Waals surface area (Å²) < 4.78 is 12.4. The number of carbonyl (C=O) groups is 2. The molecule has 0 saturated heterocycles. The van der Waals surface area contributed by atoms with E-state index in [2.05, 4.69) is 20.4 Å². The highest BCUT2D eigenvalue weighted by atomic mass is 16.5. The number of amides is 2. The molecule has 2 N–H and O–H groups in total. The molecule has 0 radical (unpaired) electrons. The van der Waals surface area contributed by atoms with E-state index in [0.29, 0.717) is 11.4 Å². The van der Waals surface area contributed by atoms with Gasteiger partial charge in [0.15, 0.2) is 0 Å². The van der Waals surface area contributed by atoms with Crippen molar-refractivity contribution in [3.8, 4) is 17.2 Å². The number of benzene rings is 2. The van der Waals surface area contributed by atoms with Crippen molar-refractivity contribution in [2.24, 2.45) is 5.10 Å². The molecule has 0 spiro atoms. The van der Waals surface area contributed by atoms with Gasteiger partial charge in [0.05, 0.1) is 20.4 Å². The zero-order valence-corrected chi connectivity index (χ0v) is 17.8. The van der Waals surface area contributed by atoms with Crippen LogP contribution >= 0.6 is 0 Å². The van der Waals surface area contributed by atoms with Crippen molar-refractivity contribution in [3.05, 3.63) is 71.5 Å². The SMILES string of the molecule is COc1ccc(NC(=O)C(=O)N/N=C/c2cc(C)n(-c3cccc(OC)c3)c2C)cc1. The molecule has 0 saturated carbocycles. The minimum Gasteiger partial charge on any atom is -0.497 e. The summed E-state index contributed by atoms with van der Waals surface area (Å²) in [5.41, 5.74) is 6.43. The van der Waals surface area contributed by atoms with Gasteiger partial charge in [0, 0.05) is 34.4 Å². The molecule has 0 bridgehead atoms. The number of hydrogen-bond donors (Lipinski definition) is 2. The lowest BCUT2D eigenvalue weighted by Crippen LogP contribution is -2.32. The van der Waals surface area contributed by atoms with Crippen molar-refractivity contribution >= 4 is 23.7 Å². The predicted octanol–water partition coefficient (Wildman–Crippen LogP) is 3.20. The van der Waals surface area contributed by atoms with E-state index < -0.39 is 11.8 Å². The molecule has 3 rings (SSSR count). The second-order valence-corrected chi connectivity index (χ2v) is 6.75. The molecule has 8 heteroatoms. The lowest BCUT2D eigenvalue weighted by Gasteiger charge is -2.11. The van der Waals surface area contributed by atoms with E-state index in [0.717, 1.165) is 28.4 Å². The van der Waals surface area contributed by atoms with Gasteiger partial charge in [0.25, 0.3) is 0 Å². The molecule has 0 aliphatic heterocycles. The van der Waals surface area contributed by atoms with Crippen LogP contribution in [0, 0.1) is 13.8 Å². The number of carbonyl (C=O) groups excluding carboxylic acids is 2. The Morgan fingerprint density at radius 1 is 0.935 bits per heavy atom. The first-order valence-corrected chi connectivity index (χ1v) is 9.54. The van der Waals surface area contributed by atoms with Crippen molar-refractivity contribution < 1.29 is 19.1 Å². The maximum atomic E-state index is 12.0. The van der Waals surface area contributed by atoms with Crippen LogP contribution in [0.15, 0.2) is 59.7 Å². The summed E-state index contributed by atoms with van der Waals surface area (Å²) in [5, 5.41) is 6.43. The number of rotatable bonds is 6. The minimum absolute atomic E-state index is 0.478. The van der Waals surface area contributed by atoms with Crippen LogP contribution in [0.3, 0.4) is 0 Å². The van der Waals surface area contributed by atoms with Crippen LogP contribution in [-0.2, 0) is 9.59 Å². The van der Waals surface area contributed by atoms with E-state index in [1.54, 1.807) is 38.5 Å². The Balaban J connectivity index is 1.66. The zero-order valence-electron chi connectivity index (χ0n) is 17.8. The first-order chi connectivity index (χ1) is 14.9. The monoisotopic (exact) mass is 420 g/mol. The number of methoxy groups -OCH3 is 2.